The number of alkyl halides is 3. The molecule has 1 amide bonds. The summed E-state index contributed by atoms with van der Waals surface area (Å²) < 4.78 is 44.0. The number of aryl methyl sites for hydroxylation is 1. The van der Waals surface area contributed by atoms with Gasteiger partial charge in [0.15, 0.2) is 0 Å². The SMILES string of the molecule is Cc1cc(NC(=O)C(=O)c2c(C(F)(F)F)n(Cc3ccc(Cl)cc3Cl)c3ccccc23)ccn1. The predicted octanol–water partition coefficient (Wildman–Crippen LogP) is 6.54. The van der Waals surface area contributed by atoms with Gasteiger partial charge in [-0.25, -0.2) is 0 Å². The molecule has 0 saturated heterocycles. The van der Waals surface area contributed by atoms with Crippen LogP contribution in [-0.2, 0) is 17.5 Å². The molecular formula is C24H16Cl2F3N3O2. The smallest absolute Gasteiger partial charge is 0.332 e. The van der Waals surface area contributed by atoms with Gasteiger partial charge >= 0.3 is 6.18 Å². The number of amides is 1. The van der Waals surface area contributed by atoms with Crippen molar-refractivity contribution in [3.05, 3.63) is 93.4 Å². The lowest BCUT2D eigenvalue weighted by Gasteiger charge is -2.15. The first-order valence-corrected chi connectivity index (χ1v) is 10.7. The number of halogens is 5. The molecular weight excluding hydrogens is 490 g/mol. The minimum Gasteiger partial charge on any atom is -0.332 e. The number of ketones is 1. The molecule has 5 nitrogen and oxygen atoms in total. The number of nitrogens with zero attached hydrogens (tertiary/aromatic N) is 2. The van der Waals surface area contributed by atoms with E-state index in [-0.39, 0.29) is 28.2 Å². The van der Waals surface area contributed by atoms with Crippen molar-refractivity contribution < 1.29 is 22.8 Å². The molecule has 34 heavy (non-hydrogen) atoms. The highest BCUT2D eigenvalue weighted by molar-refractivity contribution is 6.48. The summed E-state index contributed by atoms with van der Waals surface area (Å²) in [5.74, 6) is -2.50. The largest absolute Gasteiger partial charge is 0.432 e. The molecule has 1 N–H and O–H groups in total. The molecule has 0 aliphatic heterocycles. The number of nitrogens with one attached hydrogen (secondary N) is 1. The lowest BCUT2D eigenvalue weighted by atomic mass is 10.1. The first kappa shape index (κ1) is 23.8. The Morgan fingerprint density at radius 1 is 1.06 bits per heavy atom. The van der Waals surface area contributed by atoms with Gasteiger partial charge in [0.05, 0.1) is 5.56 Å². The zero-order valence-electron chi connectivity index (χ0n) is 17.6. The Kier molecular flexibility index (Phi) is 6.38. The van der Waals surface area contributed by atoms with E-state index in [1.54, 1.807) is 13.0 Å². The van der Waals surface area contributed by atoms with Gasteiger partial charge in [0.25, 0.3) is 11.7 Å². The molecule has 0 bridgehead atoms. The van der Waals surface area contributed by atoms with Gasteiger partial charge in [0, 0.05) is 45.1 Å². The quantitative estimate of drug-likeness (QED) is 0.247. The van der Waals surface area contributed by atoms with Gasteiger partial charge < -0.3 is 9.88 Å². The second kappa shape index (κ2) is 9.12. The number of carbonyl (C=O) groups excluding carboxylic acids is 2. The lowest BCUT2D eigenvalue weighted by molar-refractivity contribution is -0.143. The Hall–Kier alpha value is -3.36. The molecule has 174 valence electrons. The van der Waals surface area contributed by atoms with E-state index in [0.717, 1.165) is 4.57 Å². The molecule has 10 heteroatoms. The summed E-state index contributed by atoms with van der Waals surface area (Å²) in [6.07, 6.45) is -3.52. The molecule has 2 heterocycles. The molecule has 0 spiro atoms. The molecule has 0 radical (unpaired) electrons. The summed E-state index contributed by atoms with van der Waals surface area (Å²) in [6, 6.07) is 13.3. The van der Waals surface area contributed by atoms with E-state index < -0.39 is 29.1 Å². The first-order valence-electron chi connectivity index (χ1n) is 9.97. The van der Waals surface area contributed by atoms with E-state index in [1.165, 1.54) is 54.7 Å². The van der Waals surface area contributed by atoms with E-state index in [9.17, 15) is 22.8 Å². The molecule has 0 aliphatic rings. The number of benzene rings is 2. The minimum absolute atomic E-state index is 0.00553. The fraction of sp³-hybridized carbons (Fsp3) is 0.125. The third kappa shape index (κ3) is 4.64. The van der Waals surface area contributed by atoms with E-state index in [0.29, 0.717) is 16.3 Å². The van der Waals surface area contributed by atoms with Crippen LogP contribution in [0.15, 0.2) is 60.8 Å². The summed E-state index contributed by atoms with van der Waals surface area (Å²) in [6.45, 7) is 1.39. The average molecular weight is 506 g/mol. The van der Waals surface area contributed by atoms with Crippen LogP contribution in [0.4, 0.5) is 18.9 Å². The van der Waals surface area contributed by atoms with Crippen molar-refractivity contribution in [3.8, 4) is 0 Å². The average Bonchev–Trinajstić information content (AvgIpc) is 3.10. The molecule has 2 aromatic heterocycles. The Labute approximate surface area is 202 Å². The summed E-state index contributed by atoms with van der Waals surface area (Å²) in [5.41, 5.74) is -0.638. The predicted molar refractivity (Wildman–Crippen MR) is 124 cm³/mol. The van der Waals surface area contributed by atoms with Gasteiger partial charge in [-0.15, -0.1) is 0 Å². The number of rotatable bonds is 5. The maximum absolute atomic E-state index is 14.4. The van der Waals surface area contributed by atoms with Gasteiger partial charge in [0.2, 0.25) is 0 Å². The van der Waals surface area contributed by atoms with Gasteiger partial charge in [-0.2, -0.15) is 13.2 Å². The van der Waals surface area contributed by atoms with E-state index in [1.807, 2.05) is 0 Å². The van der Waals surface area contributed by atoms with Crippen molar-refractivity contribution in [2.24, 2.45) is 0 Å². The van der Waals surface area contributed by atoms with Crippen molar-refractivity contribution in [1.82, 2.24) is 9.55 Å². The standard InChI is InChI=1S/C24H16Cl2F3N3O2/c1-13-10-16(8-9-30-13)31-23(34)21(33)20-17-4-2-3-5-19(17)32(22(20)24(27,28)29)12-14-6-7-15(25)11-18(14)26/h2-11H,12H2,1H3,(H,30,31,34). The van der Waals surface area contributed by atoms with E-state index >= 15 is 0 Å². The zero-order chi connectivity index (χ0) is 24.6. The Morgan fingerprint density at radius 3 is 2.47 bits per heavy atom. The van der Waals surface area contributed by atoms with E-state index in [2.05, 4.69) is 10.3 Å². The van der Waals surface area contributed by atoms with Crippen molar-refractivity contribution in [2.75, 3.05) is 5.32 Å². The second-order valence-electron chi connectivity index (χ2n) is 7.53. The highest BCUT2D eigenvalue weighted by atomic mass is 35.5. The Morgan fingerprint density at radius 2 is 1.79 bits per heavy atom. The van der Waals surface area contributed by atoms with Crippen LogP contribution in [0.1, 0.15) is 27.3 Å². The van der Waals surface area contributed by atoms with Crippen molar-refractivity contribution in [2.45, 2.75) is 19.6 Å². The molecule has 0 saturated carbocycles. The summed E-state index contributed by atoms with van der Waals surface area (Å²) >= 11 is 12.1. The molecule has 0 fully saturated rings. The van der Waals surface area contributed by atoms with Crippen molar-refractivity contribution >= 4 is 51.5 Å². The summed E-state index contributed by atoms with van der Waals surface area (Å²) in [4.78, 5) is 29.8. The number of aromatic nitrogens is 2. The van der Waals surface area contributed by atoms with Crippen LogP contribution in [0, 0.1) is 6.92 Å². The van der Waals surface area contributed by atoms with Crippen molar-refractivity contribution in [1.29, 1.82) is 0 Å². The van der Waals surface area contributed by atoms with Gasteiger partial charge in [-0.1, -0.05) is 47.5 Å². The van der Waals surface area contributed by atoms with Crippen LogP contribution in [0.3, 0.4) is 0 Å². The molecule has 4 aromatic rings. The normalized spacial score (nSPS) is 11.6. The van der Waals surface area contributed by atoms with Crippen LogP contribution in [0.25, 0.3) is 10.9 Å². The maximum atomic E-state index is 14.4. The third-order valence-electron chi connectivity index (χ3n) is 5.17. The molecule has 0 aliphatic carbocycles. The van der Waals surface area contributed by atoms with Gasteiger partial charge in [-0.3, -0.25) is 14.6 Å². The maximum Gasteiger partial charge on any atom is 0.432 e. The highest BCUT2D eigenvalue weighted by Gasteiger charge is 2.42. The zero-order valence-corrected chi connectivity index (χ0v) is 19.1. The summed E-state index contributed by atoms with van der Waals surface area (Å²) in [7, 11) is 0. The number of para-hydroxylation sites is 1. The minimum atomic E-state index is -4.93. The Bertz CT molecular complexity index is 1430. The number of pyridine rings is 1. The summed E-state index contributed by atoms with van der Waals surface area (Å²) in [5, 5.41) is 2.88. The number of fused-ring (bicyclic) bond motifs is 1. The lowest BCUT2D eigenvalue weighted by Crippen LogP contribution is -2.26. The number of carbonyl (C=O) groups is 2. The number of Topliss-reactive ketones (excluding diaryl/α,β-unsaturated/α-hetero) is 1. The van der Waals surface area contributed by atoms with Crippen LogP contribution in [-0.4, -0.2) is 21.2 Å². The fourth-order valence-electron chi connectivity index (χ4n) is 3.74. The van der Waals surface area contributed by atoms with Crippen LogP contribution >= 0.6 is 23.2 Å². The second-order valence-corrected chi connectivity index (χ2v) is 8.37. The van der Waals surface area contributed by atoms with E-state index in [4.69, 9.17) is 23.2 Å². The van der Waals surface area contributed by atoms with Crippen molar-refractivity contribution in [3.63, 3.8) is 0 Å². The third-order valence-corrected chi connectivity index (χ3v) is 5.76. The molecule has 0 unspecified atom stereocenters. The molecule has 4 rings (SSSR count). The van der Waals surface area contributed by atoms with Gasteiger partial charge in [0.1, 0.15) is 5.69 Å². The Balaban J connectivity index is 1.86. The number of hydrogen-bond acceptors (Lipinski definition) is 3. The topological polar surface area (TPSA) is 64.0 Å². The monoisotopic (exact) mass is 505 g/mol. The van der Waals surface area contributed by atoms with Crippen LogP contribution < -0.4 is 5.32 Å². The first-order chi connectivity index (χ1) is 16.1. The molecule has 2 aromatic carbocycles. The fourth-order valence-corrected chi connectivity index (χ4v) is 4.21. The number of anilines is 1. The van der Waals surface area contributed by atoms with Crippen LogP contribution in [0.5, 0.6) is 0 Å². The van der Waals surface area contributed by atoms with Gasteiger partial charge in [-0.05, 0) is 42.8 Å². The highest BCUT2D eigenvalue weighted by Crippen LogP contribution is 2.39. The number of hydrogen-bond donors (Lipinski definition) is 1. The van der Waals surface area contributed by atoms with Crippen LogP contribution in [0.2, 0.25) is 10.0 Å². The molecule has 0 atom stereocenters.